The summed E-state index contributed by atoms with van der Waals surface area (Å²) in [5, 5.41) is 8.65. The predicted molar refractivity (Wildman–Crippen MR) is 64.4 cm³/mol. The molecule has 90 valence electrons. The first-order valence-corrected chi connectivity index (χ1v) is 7.24. The number of rotatable bonds is 1. The number of nitriles is 1. The van der Waals surface area contributed by atoms with E-state index in [1.54, 1.807) is 12.3 Å². The largest absolute Gasteiger partial charge is 0.369 e. The second-order valence-electron chi connectivity index (χ2n) is 4.01. The molecule has 0 N–H and O–H groups in total. The Morgan fingerprint density at radius 3 is 2.76 bits per heavy atom. The third-order valence-electron chi connectivity index (χ3n) is 2.78. The van der Waals surface area contributed by atoms with E-state index in [1.807, 2.05) is 17.0 Å². The fourth-order valence-corrected chi connectivity index (χ4v) is 3.11. The van der Waals surface area contributed by atoms with Crippen LogP contribution in [-0.2, 0) is 9.84 Å². The summed E-state index contributed by atoms with van der Waals surface area (Å²) in [6.07, 6.45) is 2.26. The highest BCUT2D eigenvalue weighted by Crippen LogP contribution is 2.16. The summed E-state index contributed by atoms with van der Waals surface area (Å²) in [6.45, 7) is 1.21. The van der Waals surface area contributed by atoms with Gasteiger partial charge in [0.05, 0.1) is 23.4 Å². The summed E-state index contributed by atoms with van der Waals surface area (Å²) in [7, 11) is -2.89. The lowest BCUT2D eigenvalue weighted by molar-refractivity contribution is 0.597. The highest BCUT2D eigenvalue weighted by Gasteiger charge is 2.19. The molecule has 0 aliphatic carbocycles. The third-order valence-corrected chi connectivity index (χ3v) is 4.50. The number of hydrogen-bond donors (Lipinski definition) is 0. The van der Waals surface area contributed by atoms with Crippen LogP contribution in [0.2, 0.25) is 0 Å². The van der Waals surface area contributed by atoms with Gasteiger partial charge in [-0.1, -0.05) is 0 Å². The van der Waals surface area contributed by atoms with Crippen molar-refractivity contribution in [2.24, 2.45) is 0 Å². The van der Waals surface area contributed by atoms with Crippen molar-refractivity contribution in [2.45, 2.75) is 6.42 Å². The van der Waals surface area contributed by atoms with Gasteiger partial charge in [0, 0.05) is 13.1 Å². The fraction of sp³-hybridized carbons (Fsp3) is 0.455. The van der Waals surface area contributed by atoms with Crippen LogP contribution in [0.5, 0.6) is 0 Å². The molecule has 2 rings (SSSR count). The molecule has 1 aliphatic heterocycles. The number of hydrogen-bond acceptors (Lipinski definition) is 5. The van der Waals surface area contributed by atoms with E-state index in [0.29, 0.717) is 25.2 Å². The number of anilines is 1. The van der Waals surface area contributed by atoms with E-state index in [0.717, 1.165) is 5.69 Å². The average Bonchev–Trinajstić information content (AvgIpc) is 2.50. The molecule has 0 bridgehead atoms. The maximum atomic E-state index is 11.5. The highest BCUT2D eigenvalue weighted by atomic mass is 32.2. The molecule has 5 nitrogen and oxygen atoms in total. The maximum Gasteiger partial charge on any atom is 0.152 e. The summed E-state index contributed by atoms with van der Waals surface area (Å²) >= 11 is 0. The van der Waals surface area contributed by atoms with Crippen molar-refractivity contribution < 1.29 is 8.42 Å². The lowest BCUT2D eigenvalue weighted by atomic mass is 10.3. The molecule has 0 atom stereocenters. The molecule has 1 fully saturated rings. The number of sulfone groups is 1. The quantitative estimate of drug-likeness (QED) is 0.730. The molecule has 1 saturated heterocycles. The second-order valence-corrected chi connectivity index (χ2v) is 6.31. The van der Waals surface area contributed by atoms with E-state index in [1.165, 1.54) is 0 Å². The van der Waals surface area contributed by atoms with Crippen molar-refractivity contribution in [3.8, 4) is 6.07 Å². The van der Waals surface area contributed by atoms with Crippen molar-refractivity contribution >= 4 is 15.5 Å². The summed E-state index contributed by atoms with van der Waals surface area (Å²) in [5.41, 5.74) is 1.25. The molecule has 2 heterocycles. The van der Waals surface area contributed by atoms with Crippen LogP contribution in [0.15, 0.2) is 18.3 Å². The van der Waals surface area contributed by atoms with Crippen LogP contribution in [0.25, 0.3) is 0 Å². The van der Waals surface area contributed by atoms with E-state index in [4.69, 9.17) is 5.26 Å². The first-order valence-electron chi connectivity index (χ1n) is 5.42. The molecule has 0 aromatic carbocycles. The lowest BCUT2D eigenvalue weighted by Crippen LogP contribution is -2.26. The Kier molecular flexibility index (Phi) is 3.29. The van der Waals surface area contributed by atoms with Crippen LogP contribution in [-0.4, -0.2) is 38.0 Å². The minimum Gasteiger partial charge on any atom is -0.369 e. The average molecular weight is 251 g/mol. The summed E-state index contributed by atoms with van der Waals surface area (Å²) < 4.78 is 22.9. The molecular formula is C11H13N3O2S. The van der Waals surface area contributed by atoms with Crippen LogP contribution >= 0.6 is 0 Å². The van der Waals surface area contributed by atoms with Gasteiger partial charge in [0.25, 0.3) is 0 Å². The van der Waals surface area contributed by atoms with Gasteiger partial charge in [0.2, 0.25) is 0 Å². The van der Waals surface area contributed by atoms with Crippen molar-refractivity contribution in [1.29, 1.82) is 5.26 Å². The number of pyridine rings is 1. The zero-order chi connectivity index (χ0) is 12.3. The third kappa shape index (κ3) is 2.94. The molecule has 17 heavy (non-hydrogen) atoms. The van der Waals surface area contributed by atoms with E-state index in [9.17, 15) is 8.42 Å². The molecule has 1 aromatic heterocycles. The first kappa shape index (κ1) is 11.9. The molecular weight excluding hydrogens is 238 g/mol. The van der Waals surface area contributed by atoms with Crippen LogP contribution in [0.3, 0.4) is 0 Å². The van der Waals surface area contributed by atoms with Gasteiger partial charge >= 0.3 is 0 Å². The Hall–Kier alpha value is -1.61. The Morgan fingerprint density at radius 2 is 2.12 bits per heavy atom. The maximum absolute atomic E-state index is 11.5. The Morgan fingerprint density at radius 1 is 1.29 bits per heavy atom. The van der Waals surface area contributed by atoms with Crippen molar-refractivity contribution in [1.82, 2.24) is 4.98 Å². The van der Waals surface area contributed by atoms with E-state index >= 15 is 0 Å². The summed E-state index contributed by atoms with van der Waals surface area (Å²) in [4.78, 5) is 5.99. The normalized spacial score (nSPS) is 19.4. The molecule has 1 aromatic rings. The Balaban J connectivity index is 2.14. The predicted octanol–water partition coefficient (Wildman–Crippen LogP) is 0.578. The van der Waals surface area contributed by atoms with Crippen LogP contribution in [0.4, 0.5) is 5.69 Å². The van der Waals surface area contributed by atoms with E-state index in [2.05, 4.69) is 4.98 Å². The lowest BCUT2D eigenvalue weighted by Gasteiger charge is -2.21. The molecule has 0 saturated carbocycles. The first-order chi connectivity index (χ1) is 8.11. The Bertz CT molecular complexity index is 531. The number of aromatic nitrogens is 1. The van der Waals surface area contributed by atoms with Gasteiger partial charge in [-0.2, -0.15) is 5.26 Å². The van der Waals surface area contributed by atoms with Gasteiger partial charge in [-0.05, 0) is 18.6 Å². The van der Waals surface area contributed by atoms with E-state index in [-0.39, 0.29) is 11.5 Å². The molecule has 0 unspecified atom stereocenters. The van der Waals surface area contributed by atoms with Crippen LogP contribution in [0.1, 0.15) is 12.1 Å². The number of nitrogens with zero attached hydrogens (tertiary/aromatic N) is 3. The minimum atomic E-state index is -2.89. The van der Waals surface area contributed by atoms with Crippen LogP contribution in [0, 0.1) is 11.3 Å². The summed E-state index contributed by atoms with van der Waals surface area (Å²) in [6, 6.07) is 5.41. The molecule has 0 radical (unpaired) electrons. The van der Waals surface area contributed by atoms with Crippen LogP contribution < -0.4 is 4.90 Å². The van der Waals surface area contributed by atoms with E-state index < -0.39 is 9.84 Å². The van der Waals surface area contributed by atoms with Gasteiger partial charge in [0.15, 0.2) is 9.84 Å². The topological polar surface area (TPSA) is 74.1 Å². The second kappa shape index (κ2) is 4.72. The monoisotopic (exact) mass is 251 g/mol. The van der Waals surface area contributed by atoms with Gasteiger partial charge < -0.3 is 4.90 Å². The highest BCUT2D eigenvalue weighted by molar-refractivity contribution is 7.91. The molecule has 0 amide bonds. The van der Waals surface area contributed by atoms with Gasteiger partial charge in [-0.25, -0.2) is 13.4 Å². The zero-order valence-electron chi connectivity index (χ0n) is 9.33. The zero-order valence-corrected chi connectivity index (χ0v) is 10.2. The van der Waals surface area contributed by atoms with Crippen molar-refractivity contribution in [2.75, 3.05) is 29.5 Å². The molecule has 6 heteroatoms. The van der Waals surface area contributed by atoms with Gasteiger partial charge in [-0.15, -0.1) is 0 Å². The SMILES string of the molecule is N#Cc1ccc(N2CCCS(=O)(=O)CC2)cn1. The van der Waals surface area contributed by atoms with Crippen molar-refractivity contribution in [3.05, 3.63) is 24.0 Å². The smallest absolute Gasteiger partial charge is 0.152 e. The summed E-state index contributed by atoms with van der Waals surface area (Å²) in [5.74, 6) is 0.445. The van der Waals surface area contributed by atoms with Crippen molar-refractivity contribution in [3.63, 3.8) is 0 Å². The fourth-order valence-electron chi connectivity index (χ4n) is 1.84. The molecule has 0 spiro atoms. The van der Waals surface area contributed by atoms with Gasteiger partial charge in [-0.3, -0.25) is 0 Å². The minimum absolute atomic E-state index is 0.188. The molecule has 1 aliphatic rings. The Labute approximate surface area is 101 Å². The standard InChI is InChI=1S/C11H13N3O2S/c12-8-10-2-3-11(9-13-10)14-4-1-6-17(15,16)7-5-14/h2-3,9H,1,4-7H2. The van der Waals surface area contributed by atoms with Gasteiger partial charge in [0.1, 0.15) is 11.8 Å².